The minimum absolute atomic E-state index is 0.145. The highest BCUT2D eigenvalue weighted by molar-refractivity contribution is 6.13. The number of carboxylic acids is 2. The van der Waals surface area contributed by atoms with Gasteiger partial charge in [-0.05, 0) is 19.4 Å². The van der Waals surface area contributed by atoms with E-state index in [1.165, 1.54) is 21.9 Å². The first-order valence-electron chi connectivity index (χ1n) is 11.0. The molecule has 2 heterocycles. The summed E-state index contributed by atoms with van der Waals surface area (Å²) < 4.78 is 4.98. The maximum Gasteiger partial charge on any atom is 0.409 e. The molecule has 1 saturated heterocycles. The molecule has 3 rings (SSSR count). The standard InChI is InChI=1S/C23H26N4O8/c1-2-35-23(34)27-11-9-26(10-12-27)21(31)14(7-8-16(28)29)19-18(20(24)30)17(22(32)33)13-5-3-4-6-15(13)25-19/h3-6,14H,2,7-12H2,1H3,(H2,24,30)(H,28,29)(H,32,33). The van der Waals surface area contributed by atoms with Gasteiger partial charge in [0.1, 0.15) is 0 Å². The van der Waals surface area contributed by atoms with Crippen molar-refractivity contribution in [1.82, 2.24) is 14.8 Å². The van der Waals surface area contributed by atoms with Crippen molar-refractivity contribution in [3.63, 3.8) is 0 Å². The maximum atomic E-state index is 13.6. The molecule has 4 N–H and O–H groups in total. The Kier molecular flexibility index (Phi) is 7.84. The number of primary amides is 1. The molecular weight excluding hydrogens is 460 g/mol. The molecule has 2 aromatic rings. The SMILES string of the molecule is CCOC(=O)N1CCN(C(=O)C(CCC(=O)O)c2nc3ccccc3c(C(=O)O)c2C(N)=O)CC1. The van der Waals surface area contributed by atoms with Gasteiger partial charge in [-0.15, -0.1) is 0 Å². The zero-order chi connectivity index (χ0) is 25.7. The summed E-state index contributed by atoms with van der Waals surface area (Å²) in [6.45, 7) is 2.58. The monoisotopic (exact) mass is 486 g/mol. The van der Waals surface area contributed by atoms with E-state index < -0.39 is 53.3 Å². The van der Waals surface area contributed by atoms with Gasteiger partial charge >= 0.3 is 18.0 Å². The van der Waals surface area contributed by atoms with Gasteiger partial charge in [0.2, 0.25) is 5.91 Å². The molecule has 0 bridgehead atoms. The van der Waals surface area contributed by atoms with E-state index in [1.54, 1.807) is 19.1 Å². The van der Waals surface area contributed by atoms with Gasteiger partial charge in [0, 0.05) is 38.0 Å². The number of carbonyl (C=O) groups is 5. The van der Waals surface area contributed by atoms with Crippen molar-refractivity contribution in [3.8, 4) is 0 Å². The summed E-state index contributed by atoms with van der Waals surface area (Å²) in [4.78, 5) is 68.7. The Morgan fingerprint density at radius 3 is 2.23 bits per heavy atom. The average Bonchev–Trinajstić information content (AvgIpc) is 2.82. The Morgan fingerprint density at radius 1 is 1.03 bits per heavy atom. The summed E-state index contributed by atoms with van der Waals surface area (Å²) in [5, 5.41) is 19.3. The second-order valence-corrected chi connectivity index (χ2v) is 7.93. The van der Waals surface area contributed by atoms with E-state index in [2.05, 4.69) is 4.98 Å². The van der Waals surface area contributed by atoms with Crippen molar-refractivity contribution in [1.29, 1.82) is 0 Å². The molecule has 1 aromatic carbocycles. The molecule has 0 saturated carbocycles. The fourth-order valence-corrected chi connectivity index (χ4v) is 4.14. The predicted octanol–water partition coefficient (Wildman–Crippen LogP) is 1.28. The molecule has 0 aliphatic carbocycles. The molecule has 3 amide bonds. The van der Waals surface area contributed by atoms with Gasteiger partial charge in [-0.25, -0.2) is 9.59 Å². The second kappa shape index (κ2) is 10.8. The van der Waals surface area contributed by atoms with Crippen molar-refractivity contribution in [2.75, 3.05) is 32.8 Å². The Hall–Kier alpha value is -4.22. The van der Waals surface area contributed by atoms with Crippen LogP contribution < -0.4 is 5.73 Å². The van der Waals surface area contributed by atoms with Crippen LogP contribution in [0.4, 0.5) is 4.79 Å². The number of benzene rings is 1. The first-order chi connectivity index (χ1) is 16.6. The summed E-state index contributed by atoms with van der Waals surface area (Å²) in [5.41, 5.74) is 4.79. The van der Waals surface area contributed by atoms with Crippen molar-refractivity contribution in [2.45, 2.75) is 25.7 Å². The Bertz CT molecular complexity index is 1170. The molecule has 1 fully saturated rings. The number of fused-ring (bicyclic) bond motifs is 1. The zero-order valence-electron chi connectivity index (χ0n) is 19.1. The first-order valence-corrected chi connectivity index (χ1v) is 11.0. The number of nitrogens with two attached hydrogens (primary N) is 1. The number of carboxylic acid groups (broad SMARTS) is 2. The zero-order valence-corrected chi connectivity index (χ0v) is 19.1. The number of para-hydroxylation sites is 1. The van der Waals surface area contributed by atoms with Crippen LogP contribution in [-0.2, 0) is 14.3 Å². The van der Waals surface area contributed by atoms with Crippen LogP contribution in [0.25, 0.3) is 10.9 Å². The molecule has 1 aliphatic heterocycles. The van der Waals surface area contributed by atoms with Crippen LogP contribution in [-0.4, -0.2) is 87.6 Å². The largest absolute Gasteiger partial charge is 0.481 e. The fraction of sp³-hybridized carbons (Fsp3) is 0.391. The number of amides is 3. The summed E-state index contributed by atoms with van der Waals surface area (Å²) in [5.74, 6) is -5.45. The van der Waals surface area contributed by atoms with E-state index in [9.17, 15) is 34.2 Å². The third kappa shape index (κ3) is 5.48. The number of pyridine rings is 1. The average molecular weight is 486 g/mol. The lowest BCUT2D eigenvalue weighted by Gasteiger charge is -2.36. The summed E-state index contributed by atoms with van der Waals surface area (Å²) >= 11 is 0. The van der Waals surface area contributed by atoms with Crippen LogP contribution in [0.3, 0.4) is 0 Å². The van der Waals surface area contributed by atoms with E-state index in [0.717, 1.165) is 0 Å². The number of aromatic nitrogens is 1. The van der Waals surface area contributed by atoms with E-state index in [1.807, 2.05) is 0 Å². The Balaban J connectivity index is 2.05. The number of hydrogen-bond acceptors (Lipinski definition) is 7. The van der Waals surface area contributed by atoms with Gasteiger partial charge in [0.05, 0.1) is 34.9 Å². The third-order valence-corrected chi connectivity index (χ3v) is 5.77. The van der Waals surface area contributed by atoms with Gasteiger partial charge in [0.15, 0.2) is 0 Å². The van der Waals surface area contributed by atoms with Crippen molar-refractivity contribution >= 4 is 40.7 Å². The van der Waals surface area contributed by atoms with E-state index in [0.29, 0.717) is 0 Å². The highest BCUT2D eigenvalue weighted by Gasteiger charge is 2.36. The summed E-state index contributed by atoms with van der Waals surface area (Å²) in [6.07, 6.45) is -1.15. The van der Waals surface area contributed by atoms with Gasteiger partial charge < -0.3 is 30.5 Å². The number of nitrogens with zero attached hydrogens (tertiary/aromatic N) is 3. The lowest BCUT2D eigenvalue weighted by atomic mass is 9.89. The summed E-state index contributed by atoms with van der Waals surface area (Å²) in [6, 6.07) is 6.21. The van der Waals surface area contributed by atoms with Crippen molar-refractivity contribution < 1.29 is 38.9 Å². The molecule has 35 heavy (non-hydrogen) atoms. The second-order valence-electron chi connectivity index (χ2n) is 7.93. The highest BCUT2D eigenvalue weighted by Crippen LogP contribution is 2.32. The quantitative estimate of drug-likeness (QED) is 0.495. The smallest absolute Gasteiger partial charge is 0.409 e. The van der Waals surface area contributed by atoms with E-state index in [-0.39, 0.29) is 55.8 Å². The Labute approximate surface area is 200 Å². The van der Waals surface area contributed by atoms with Gasteiger partial charge in [-0.3, -0.25) is 19.4 Å². The number of hydrogen-bond donors (Lipinski definition) is 3. The molecule has 0 spiro atoms. The van der Waals surface area contributed by atoms with Crippen molar-refractivity contribution in [3.05, 3.63) is 41.1 Å². The molecule has 1 atom stereocenters. The van der Waals surface area contributed by atoms with Crippen LogP contribution >= 0.6 is 0 Å². The normalized spacial score (nSPS) is 14.4. The molecule has 12 heteroatoms. The Morgan fingerprint density at radius 2 is 1.66 bits per heavy atom. The molecule has 1 aromatic heterocycles. The van der Waals surface area contributed by atoms with Crippen LogP contribution in [0.15, 0.2) is 24.3 Å². The van der Waals surface area contributed by atoms with Crippen LogP contribution in [0.2, 0.25) is 0 Å². The molecule has 1 unspecified atom stereocenters. The molecule has 1 aliphatic rings. The highest BCUT2D eigenvalue weighted by atomic mass is 16.6. The first kappa shape index (κ1) is 25.4. The number of piperazine rings is 1. The van der Waals surface area contributed by atoms with E-state index >= 15 is 0 Å². The number of rotatable bonds is 8. The van der Waals surface area contributed by atoms with Crippen molar-refractivity contribution in [2.24, 2.45) is 5.73 Å². The fourth-order valence-electron chi connectivity index (χ4n) is 4.14. The lowest BCUT2D eigenvalue weighted by molar-refractivity contribution is -0.138. The molecule has 186 valence electrons. The van der Waals surface area contributed by atoms with Crippen LogP contribution in [0, 0.1) is 0 Å². The molecular formula is C23H26N4O8. The minimum atomic E-state index is -1.42. The number of carbonyl (C=O) groups excluding carboxylic acids is 3. The maximum absolute atomic E-state index is 13.6. The molecule has 12 nitrogen and oxygen atoms in total. The topological polar surface area (TPSA) is 180 Å². The van der Waals surface area contributed by atoms with E-state index in [4.69, 9.17) is 10.5 Å². The third-order valence-electron chi connectivity index (χ3n) is 5.77. The lowest BCUT2D eigenvalue weighted by Crippen LogP contribution is -2.52. The van der Waals surface area contributed by atoms with Crippen LogP contribution in [0.1, 0.15) is 52.1 Å². The molecule has 0 radical (unpaired) electrons. The van der Waals surface area contributed by atoms with Gasteiger partial charge in [-0.2, -0.15) is 0 Å². The van der Waals surface area contributed by atoms with Gasteiger partial charge in [0.25, 0.3) is 5.91 Å². The number of ether oxygens (including phenoxy) is 1. The van der Waals surface area contributed by atoms with Crippen LogP contribution in [0.5, 0.6) is 0 Å². The number of aromatic carboxylic acids is 1. The number of aliphatic carboxylic acids is 1. The van der Waals surface area contributed by atoms with Gasteiger partial charge in [-0.1, -0.05) is 18.2 Å². The summed E-state index contributed by atoms with van der Waals surface area (Å²) in [7, 11) is 0. The predicted molar refractivity (Wildman–Crippen MR) is 122 cm³/mol. The minimum Gasteiger partial charge on any atom is -0.481 e.